The molecule has 2 fully saturated rings. The Hall–Kier alpha value is -0.0400. The molecule has 1 heteroatoms. The predicted molar refractivity (Wildman–Crippen MR) is 56.8 cm³/mol. The molecule has 2 rings (SSSR count). The molecule has 1 spiro atoms. The van der Waals surface area contributed by atoms with Crippen LogP contribution < -0.4 is 0 Å². The molecule has 1 heterocycles. The van der Waals surface area contributed by atoms with E-state index in [2.05, 4.69) is 18.7 Å². The summed E-state index contributed by atoms with van der Waals surface area (Å²) in [5.74, 6) is 1.08. The van der Waals surface area contributed by atoms with E-state index < -0.39 is 0 Å². The third-order valence-corrected chi connectivity index (χ3v) is 4.38. The zero-order valence-electron chi connectivity index (χ0n) is 9.18. The first-order valence-corrected chi connectivity index (χ1v) is 6.00. The van der Waals surface area contributed by atoms with Gasteiger partial charge >= 0.3 is 0 Å². The van der Waals surface area contributed by atoms with E-state index in [0.29, 0.717) is 0 Å². The first-order valence-electron chi connectivity index (χ1n) is 6.00. The topological polar surface area (TPSA) is 3.24 Å². The minimum Gasteiger partial charge on any atom is -0.304 e. The monoisotopic (exact) mass is 181 g/mol. The molecule has 0 aromatic rings. The van der Waals surface area contributed by atoms with Gasteiger partial charge in [0.1, 0.15) is 0 Å². The van der Waals surface area contributed by atoms with Gasteiger partial charge < -0.3 is 4.90 Å². The molecule has 2 aliphatic rings. The molecular formula is C12H23N. The number of hydrogen-bond acceptors (Lipinski definition) is 1. The third kappa shape index (κ3) is 1.76. The van der Waals surface area contributed by atoms with Crippen molar-refractivity contribution in [1.29, 1.82) is 0 Å². The Morgan fingerprint density at radius 2 is 1.77 bits per heavy atom. The van der Waals surface area contributed by atoms with E-state index in [-0.39, 0.29) is 0 Å². The summed E-state index contributed by atoms with van der Waals surface area (Å²) in [5, 5.41) is 0. The second-order valence-corrected chi connectivity index (χ2v) is 5.12. The fourth-order valence-electron chi connectivity index (χ4n) is 3.21. The summed E-state index contributed by atoms with van der Waals surface area (Å²) in [5.41, 5.74) is 0.812. The quantitative estimate of drug-likeness (QED) is 0.633. The summed E-state index contributed by atoms with van der Waals surface area (Å²) in [6.07, 6.45) is 7.47. The Kier molecular flexibility index (Phi) is 2.64. The van der Waals surface area contributed by atoms with Crippen molar-refractivity contribution in [3.63, 3.8) is 0 Å². The smallest absolute Gasteiger partial charge is 0.00135 e. The number of piperidine rings is 1. The van der Waals surface area contributed by atoms with Crippen LogP contribution in [0.1, 0.15) is 46.0 Å². The van der Waals surface area contributed by atoms with Gasteiger partial charge in [-0.15, -0.1) is 0 Å². The van der Waals surface area contributed by atoms with Crippen LogP contribution >= 0.6 is 0 Å². The van der Waals surface area contributed by atoms with Crippen LogP contribution in [0.3, 0.4) is 0 Å². The van der Waals surface area contributed by atoms with Crippen LogP contribution in [-0.2, 0) is 0 Å². The van der Waals surface area contributed by atoms with Gasteiger partial charge in [-0.3, -0.25) is 0 Å². The van der Waals surface area contributed by atoms with Gasteiger partial charge in [0.2, 0.25) is 0 Å². The van der Waals surface area contributed by atoms with Gasteiger partial charge in [-0.25, -0.2) is 0 Å². The van der Waals surface area contributed by atoms with Crippen molar-refractivity contribution in [1.82, 2.24) is 4.90 Å². The summed E-state index contributed by atoms with van der Waals surface area (Å²) in [6, 6.07) is 0. The highest BCUT2D eigenvalue weighted by Gasteiger charge is 2.44. The summed E-state index contributed by atoms with van der Waals surface area (Å²) in [7, 11) is 0. The lowest BCUT2D eigenvalue weighted by Gasteiger charge is -2.52. The van der Waals surface area contributed by atoms with Crippen molar-refractivity contribution in [3.8, 4) is 0 Å². The Morgan fingerprint density at radius 1 is 1.15 bits per heavy atom. The molecule has 1 nitrogen and oxygen atoms in total. The maximum Gasteiger partial charge on any atom is -0.00135 e. The Balaban J connectivity index is 1.79. The summed E-state index contributed by atoms with van der Waals surface area (Å²) in [6.45, 7) is 8.62. The number of rotatable bonds is 2. The fourth-order valence-corrected chi connectivity index (χ4v) is 3.21. The van der Waals surface area contributed by atoms with E-state index in [4.69, 9.17) is 0 Å². The van der Waals surface area contributed by atoms with Gasteiger partial charge in [0.25, 0.3) is 0 Å². The van der Waals surface area contributed by atoms with Crippen molar-refractivity contribution in [2.75, 3.05) is 19.6 Å². The fraction of sp³-hybridized carbons (Fsp3) is 1.00. The minimum atomic E-state index is 0.812. The molecule has 1 saturated carbocycles. The standard InChI is InChI=1S/C12H23N/c1-3-11-9-12(10-11)5-7-13(4-2)8-6-12/h11H,3-10H2,1-2H3. The molecule has 0 aromatic heterocycles. The maximum absolute atomic E-state index is 2.60. The summed E-state index contributed by atoms with van der Waals surface area (Å²) in [4.78, 5) is 2.60. The molecule has 13 heavy (non-hydrogen) atoms. The van der Waals surface area contributed by atoms with Crippen LogP contribution in [0.15, 0.2) is 0 Å². The molecule has 0 radical (unpaired) electrons. The average Bonchev–Trinajstić information content (AvgIpc) is 2.14. The van der Waals surface area contributed by atoms with E-state index in [0.717, 1.165) is 11.3 Å². The molecule has 1 saturated heterocycles. The molecule has 0 amide bonds. The van der Waals surface area contributed by atoms with Crippen LogP contribution in [-0.4, -0.2) is 24.5 Å². The van der Waals surface area contributed by atoms with Gasteiger partial charge in [-0.1, -0.05) is 20.3 Å². The lowest BCUT2D eigenvalue weighted by atomic mass is 9.57. The summed E-state index contributed by atoms with van der Waals surface area (Å²) < 4.78 is 0. The molecule has 0 bridgehead atoms. The van der Waals surface area contributed by atoms with E-state index in [9.17, 15) is 0 Å². The van der Waals surface area contributed by atoms with E-state index in [1.807, 2.05) is 0 Å². The van der Waals surface area contributed by atoms with E-state index >= 15 is 0 Å². The first kappa shape index (κ1) is 9.51. The van der Waals surface area contributed by atoms with Crippen LogP contribution in [0, 0.1) is 11.3 Å². The van der Waals surface area contributed by atoms with Crippen molar-refractivity contribution >= 4 is 0 Å². The summed E-state index contributed by atoms with van der Waals surface area (Å²) >= 11 is 0. The molecule has 1 aliphatic heterocycles. The van der Waals surface area contributed by atoms with Crippen molar-refractivity contribution in [2.24, 2.45) is 11.3 Å². The van der Waals surface area contributed by atoms with E-state index in [1.165, 1.54) is 38.9 Å². The molecule has 76 valence electrons. The Labute approximate surface area is 82.5 Å². The molecule has 0 N–H and O–H groups in total. The highest BCUT2D eigenvalue weighted by molar-refractivity contribution is 4.96. The molecular weight excluding hydrogens is 158 g/mol. The normalized spacial score (nSPS) is 29.1. The van der Waals surface area contributed by atoms with Crippen molar-refractivity contribution in [3.05, 3.63) is 0 Å². The zero-order chi connectivity index (χ0) is 9.31. The third-order valence-electron chi connectivity index (χ3n) is 4.38. The second kappa shape index (κ2) is 3.61. The lowest BCUT2D eigenvalue weighted by Crippen LogP contribution is -2.46. The molecule has 0 atom stereocenters. The van der Waals surface area contributed by atoms with Gasteiger partial charge in [0, 0.05) is 0 Å². The van der Waals surface area contributed by atoms with Crippen LogP contribution in [0.5, 0.6) is 0 Å². The van der Waals surface area contributed by atoms with Gasteiger partial charge in [-0.2, -0.15) is 0 Å². The SMILES string of the molecule is CCC1CC2(CCN(CC)CC2)C1. The number of likely N-dealkylation sites (tertiary alicyclic amines) is 1. The van der Waals surface area contributed by atoms with Crippen molar-refractivity contribution < 1.29 is 0 Å². The lowest BCUT2D eigenvalue weighted by molar-refractivity contribution is -0.0129. The minimum absolute atomic E-state index is 0.812. The van der Waals surface area contributed by atoms with Gasteiger partial charge in [0.15, 0.2) is 0 Å². The van der Waals surface area contributed by atoms with Gasteiger partial charge in [-0.05, 0) is 56.7 Å². The van der Waals surface area contributed by atoms with Crippen LogP contribution in [0.4, 0.5) is 0 Å². The first-order chi connectivity index (χ1) is 6.28. The zero-order valence-corrected chi connectivity index (χ0v) is 9.18. The highest BCUT2D eigenvalue weighted by Crippen LogP contribution is 2.53. The van der Waals surface area contributed by atoms with Crippen molar-refractivity contribution in [2.45, 2.75) is 46.0 Å². The molecule has 0 unspecified atom stereocenters. The van der Waals surface area contributed by atoms with Crippen LogP contribution in [0.2, 0.25) is 0 Å². The molecule has 1 aliphatic carbocycles. The van der Waals surface area contributed by atoms with E-state index in [1.54, 1.807) is 12.8 Å². The highest BCUT2D eigenvalue weighted by atomic mass is 15.1. The second-order valence-electron chi connectivity index (χ2n) is 5.12. The van der Waals surface area contributed by atoms with Crippen LogP contribution in [0.25, 0.3) is 0 Å². The number of hydrogen-bond donors (Lipinski definition) is 0. The average molecular weight is 181 g/mol. The predicted octanol–water partition coefficient (Wildman–Crippen LogP) is 2.91. The Morgan fingerprint density at radius 3 is 2.23 bits per heavy atom. The van der Waals surface area contributed by atoms with Gasteiger partial charge in [0.05, 0.1) is 0 Å². The largest absolute Gasteiger partial charge is 0.304 e. The Bertz CT molecular complexity index is 160. The molecule has 0 aromatic carbocycles. The number of nitrogens with zero attached hydrogens (tertiary/aromatic N) is 1. The maximum atomic E-state index is 2.60.